The summed E-state index contributed by atoms with van der Waals surface area (Å²) in [6, 6.07) is 16.1. The summed E-state index contributed by atoms with van der Waals surface area (Å²) in [5.41, 5.74) is 3.43. The molecule has 0 aliphatic heterocycles. The van der Waals surface area contributed by atoms with Crippen LogP contribution in [-0.2, 0) is 26.2 Å². The zero-order valence-electron chi connectivity index (χ0n) is 24.1. The van der Waals surface area contributed by atoms with Crippen LogP contribution in [0.1, 0.15) is 48.9 Å². The summed E-state index contributed by atoms with van der Waals surface area (Å²) in [6.07, 6.45) is 1.05. The predicted molar refractivity (Wildman–Crippen MR) is 166 cm³/mol. The van der Waals surface area contributed by atoms with E-state index in [1.807, 2.05) is 39.8 Å². The molecule has 0 aliphatic carbocycles. The first-order chi connectivity index (χ1) is 19.4. The Kier molecular flexibility index (Phi) is 11.2. The zero-order chi connectivity index (χ0) is 30.3. The molecule has 220 valence electrons. The molecule has 0 aliphatic rings. The molecule has 1 N–H and O–H groups in total. The maximum absolute atomic E-state index is 14.2. The second kappa shape index (κ2) is 14.2. The lowest BCUT2D eigenvalue weighted by molar-refractivity contribution is -0.140. The normalized spacial score (nSPS) is 12.1. The monoisotopic (exact) mass is 617 g/mol. The Bertz CT molecular complexity index is 1490. The summed E-state index contributed by atoms with van der Waals surface area (Å²) in [7, 11) is -4.15. The number of amides is 2. The van der Waals surface area contributed by atoms with Gasteiger partial charge >= 0.3 is 0 Å². The number of aryl methyl sites for hydroxylation is 3. The van der Waals surface area contributed by atoms with Crippen molar-refractivity contribution in [2.75, 3.05) is 17.4 Å². The molecule has 10 heteroatoms. The minimum absolute atomic E-state index is 0.00188. The summed E-state index contributed by atoms with van der Waals surface area (Å²) in [4.78, 5) is 28.9. The third kappa shape index (κ3) is 8.03. The maximum Gasteiger partial charge on any atom is 0.264 e. The van der Waals surface area contributed by atoms with Gasteiger partial charge in [0.2, 0.25) is 11.8 Å². The zero-order valence-corrected chi connectivity index (χ0v) is 26.4. The number of benzene rings is 3. The third-order valence-electron chi connectivity index (χ3n) is 6.81. The highest BCUT2D eigenvalue weighted by atomic mass is 35.5. The van der Waals surface area contributed by atoms with E-state index >= 15 is 0 Å². The van der Waals surface area contributed by atoms with Gasteiger partial charge in [0.15, 0.2) is 0 Å². The van der Waals surface area contributed by atoms with Gasteiger partial charge in [-0.1, -0.05) is 72.9 Å². The largest absolute Gasteiger partial charge is 0.354 e. The van der Waals surface area contributed by atoms with Crippen molar-refractivity contribution in [2.45, 2.75) is 64.9 Å². The molecule has 0 spiro atoms. The second-order valence-electron chi connectivity index (χ2n) is 10.1. The van der Waals surface area contributed by atoms with Crippen molar-refractivity contribution in [2.24, 2.45) is 0 Å². The van der Waals surface area contributed by atoms with E-state index in [0.29, 0.717) is 39.8 Å². The predicted octanol–water partition coefficient (Wildman–Crippen LogP) is 6.45. The Morgan fingerprint density at radius 3 is 2.17 bits per heavy atom. The van der Waals surface area contributed by atoms with Crippen LogP contribution in [0.4, 0.5) is 5.69 Å². The van der Waals surface area contributed by atoms with Gasteiger partial charge in [-0.2, -0.15) is 0 Å². The smallest absolute Gasteiger partial charge is 0.264 e. The van der Waals surface area contributed by atoms with Gasteiger partial charge in [-0.15, -0.1) is 0 Å². The highest BCUT2D eigenvalue weighted by molar-refractivity contribution is 7.92. The van der Waals surface area contributed by atoms with Crippen LogP contribution in [0, 0.1) is 20.8 Å². The molecule has 3 rings (SSSR count). The van der Waals surface area contributed by atoms with Crippen LogP contribution in [0.5, 0.6) is 0 Å². The first-order valence-corrected chi connectivity index (χ1v) is 15.8. The van der Waals surface area contributed by atoms with E-state index in [1.165, 1.54) is 17.0 Å². The van der Waals surface area contributed by atoms with Crippen LogP contribution in [0.25, 0.3) is 0 Å². The van der Waals surface area contributed by atoms with Gasteiger partial charge in [0.1, 0.15) is 12.6 Å². The first kappa shape index (κ1) is 32.4. The number of anilines is 1. The molecule has 3 aromatic rings. The van der Waals surface area contributed by atoms with E-state index in [2.05, 4.69) is 5.32 Å². The number of sulfonamides is 1. The Morgan fingerprint density at radius 1 is 0.902 bits per heavy atom. The van der Waals surface area contributed by atoms with Crippen LogP contribution in [-0.4, -0.2) is 44.3 Å². The lowest BCUT2D eigenvalue weighted by Crippen LogP contribution is -2.52. The molecule has 7 nitrogen and oxygen atoms in total. The minimum Gasteiger partial charge on any atom is -0.354 e. The number of hydrogen-bond donors (Lipinski definition) is 1. The summed E-state index contributed by atoms with van der Waals surface area (Å²) >= 11 is 12.6. The Hall–Kier alpha value is -3.07. The fraction of sp³-hybridized carbons (Fsp3) is 0.355. The van der Waals surface area contributed by atoms with Gasteiger partial charge in [0, 0.05) is 23.1 Å². The van der Waals surface area contributed by atoms with E-state index < -0.39 is 28.5 Å². The van der Waals surface area contributed by atoms with E-state index in [9.17, 15) is 18.0 Å². The molecule has 3 aromatic carbocycles. The molecule has 2 amide bonds. The molecule has 0 aromatic heterocycles. The Labute approximate surface area is 253 Å². The molecular weight excluding hydrogens is 581 g/mol. The Morgan fingerprint density at radius 2 is 1.56 bits per heavy atom. The van der Waals surface area contributed by atoms with Gasteiger partial charge < -0.3 is 10.2 Å². The number of nitrogens with zero attached hydrogens (tertiary/aromatic N) is 2. The molecule has 41 heavy (non-hydrogen) atoms. The summed E-state index contributed by atoms with van der Waals surface area (Å²) < 4.78 is 29.3. The molecule has 1 atom stereocenters. The number of hydrogen-bond acceptors (Lipinski definition) is 4. The van der Waals surface area contributed by atoms with Crippen molar-refractivity contribution in [1.82, 2.24) is 10.2 Å². The molecule has 0 saturated carbocycles. The van der Waals surface area contributed by atoms with Crippen LogP contribution in [0.15, 0.2) is 65.6 Å². The fourth-order valence-corrected chi connectivity index (χ4v) is 6.40. The summed E-state index contributed by atoms with van der Waals surface area (Å²) in [5, 5.41) is 3.66. The summed E-state index contributed by atoms with van der Waals surface area (Å²) in [5.74, 6) is -0.849. The number of carbonyl (C=O) groups is 2. The number of carbonyl (C=O) groups excluding carboxylic acids is 2. The minimum atomic E-state index is -4.15. The van der Waals surface area contributed by atoms with Gasteiger partial charge in [0.05, 0.1) is 10.6 Å². The highest BCUT2D eigenvalue weighted by Crippen LogP contribution is 2.29. The van der Waals surface area contributed by atoms with Crippen molar-refractivity contribution in [3.8, 4) is 0 Å². The molecule has 0 bridgehead atoms. The first-order valence-electron chi connectivity index (χ1n) is 13.6. The average molecular weight is 619 g/mol. The molecule has 0 radical (unpaired) electrons. The number of halogens is 2. The second-order valence-corrected chi connectivity index (χ2v) is 12.8. The van der Waals surface area contributed by atoms with Gasteiger partial charge in [-0.05, 0) is 80.6 Å². The Balaban J connectivity index is 2.11. The SMILES string of the molecule is CCCNC(=O)[C@H](CC)N(Cc1ccc(Cl)cc1Cl)C(=O)CN(c1cc(C)ccc1C)S(=O)(=O)c1ccc(C)cc1. The molecule has 0 fully saturated rings. The average Bonchev–Trinajstić information content (AvgIpc) is 2.93. The molecule has 0 heterocycles. The maximum atomic E-state index is 14.2. The van der Waals surface area contributed by atoms with Gasteiger partial charge in [-0.25, -0.2) is 8.42 Å². The highest BCUT2D eigenvalue weighted by Gasteiger charge is 2.34. The van der Waals surface area contributed by atoms with Crippen LogP contribution in [0.2, 0.25) is 10.0 Å². The molecular formula is C31H37Cl2N3O4S. The van der Waals surface area contributed by atoms with Crippen molar-refractivity contribution in [1.29, 1.82) is 0 Å². The lowest BCUT2D eigenvalue weighted by Gasteiger charge is -2.34. The van der Waals surface area contributed by atoms with Gasteiger partial charge in [0.25, 0.3) is 10.0 Å². The van der Waals surface area contributed by atoms with Gasteiger partial charge in [-0.3, -0.25) is 13.9 Å². The lowest BCUT2D eigenvalue weighted by atomic mass is 10.1. The summed E-state index contributed by atoms with van der Waals surface area (Å²) in [6.45, 7) is 9.23. The third-order valence-corrected chi connectivity index (χ3v) is 9.17. The van der Waals surface area contributed by atoms with Crippen molar-refractivity contribution in [3.63, 3.8) is 0 Å². The van der Waals surface area contributed by atoms with E-state index in [1.54, 1.807) is 43.3 Å². The molecule has 0 unspecified atom stereocenters. The van der Waals surface area contributed by atoms with Crippen LogP contribution in [0.3, 0.4) is 0 Å². The van der Waals surface area contributed by atoms with E-state index in [4.69, 9.17) is 23.2 Å². The van der Waals surface area contributed by atoms with Crippen molar-refractivity contribution in [3.05, 3.63) is 93.0 Å². The molecule has 0 saturated heterocycles. The van der Waals surface area contributed by atoms with E-state index in [0.717, 1.165) is 21.9 Å². The topological polar surface area (TPSA) is 86.8 Å². The number of rotatable bonds is 12. The van der Waals surface area contributed by atoms with Crippen molar-refractivity contribution < 1.29 is 18.0 Å². The van der Waals surface area contributed by atoms with Crippen LogP contribution >= 0.6 is 23.2 Å². The number of nitrogens with one attached hydrogen (secondary N) is 1. The van der Waals surface area contributed by atoms with E-state index in [-0.39, 0.29) is 17.3 Å². The quantitative estimate of drug-likeness (QED) is 0.253. The van der Waals surface area contributed by atoms with Crippen LogP contribution < -0.4 is 9.62 Å². The standard InChI is InChI=1S/C31H37Cl2N3O4S/c1-6-16-34-31(38)28(7-2)35(19-24-12-13-25(32)18-27(24)33)30(37)20-36(29-17-22(4)8-11-23(29)5)41(39,40)26-14-9-21(3)10-15-26/h8-15,17-18,28H,6-7,16,19-20H2,1-5H3,(H,34,38)/t28-/m0/s1. The fourth-order valence-electron chi connectivity index (χ4n) is 4.46. The van der Waals surface area contributed by atoms with Crippen molar-refractivity contribution >= 4 is 50.7 Å².